The highest BCUT2D eigenvalue weighted by Crippen LogP contribution is 2.52. The molecule has 0 atom stereocenters. The van der Waals surface area contributed by atoms with Gasteiger partial charge in [-0.15, -0.1) is 0 Å². The Hall–Kier alpha value is -2.48. The Morgan fingerprint density at radius 3 is 1.33 bits per heavy atom. The molecule has 0 saturated heterocycles. The van der Waals surface area contributed by atoms with Crippen LogP contribution in [0.15, 0.2) is 36.4 Å². The second-order valence-electron chi connectivity index (χ2n) is 5.90. The predicted molar refractivity (Wildman–Crippen MR) is 96.5 cm³/mol. The first-order valence-corrected chi connectivity index (χ1v) is 9.02. The van der Waals surface area contributed by atoms with Crippen molar-refractivity contribution in [3.63, 3.8) is 0 Å². The van der Waals surface area contributed by atoms with E-state index in [9.17, 15) is 0 Å². The number of hydrogen-bond donors (Lipinski definition) is 0. The zero-order chi connectivity index (χ0) is 18.3. The molecular weight excluding hydrogens is 352 g/mol. The third kappa shape index (κ3) is 4.44. The van der Waals surface area contributed by atoms with E-state index in [1.165, 1.54) is 0 Å². The van der Waals surface area contributed by atoms with Crippen LogP contribution >= 0.6 is 0 Å². The Bertz CT molecular complexity index is 700. The van der Waals surface area contributed by atoms with E-state index >= 15 is 0 Å². The zero-order valence-electron chi connectivity index (χ0n) is 15.0. The SMILES string of the molecule is c1cc2c3c(c1)Oc1cccc(c1O3)OCCOCCOCCOCCO2. The predicted octanol–water partition coefficient (Wildman–Crippen LogP) is 3.41. The monoisotopic (exact) mass is 374 g/mol. The van der Waals surface area contributed by atoms with Gasteiger partial charge in [-0.1, -0.05) is 12.1 Å². The fraction of sp³-hybridized carbons (Fsp3) is 0.400. The van der Waals surface area contributed by atoms with Gasteiger partial charge in [-0.25, -0.2) is 0 Å². The molecule has 0 saturated carbocycles. The van der Waals surface area contributed by atoms with Gasteiger partial charge in [-0.3, -0.25) is 0 Å². The molecule has 2 aromatic rings. The molecule has 0 fully saturated rings. The summed E-state index contributed by atoms with van der Waals surface area (Å²) in [6, 6.07) is 11.1. The Kier molecular flexibility index (Phi) is 5.93. The van der Waals surface area contributed by atoms with Crippen molar-refractivity contribution in [3.05, 3.63) is 36.4 Å². The standard InChI is InChI=1S/C20H22O7/c1-3-15-19-17(5-1)26-18-6-2-4-16(20(18)27-19)25-14-12-23-10-8-21-7-9-22-11-13-24-15/h1-6H,7-14H2. The maximum Gasteiger partial charge on any atom is 0.212 e. The van der Waals surface area contributed by atoms with Crippen LogP contribution < -0.4 is 18.9 Å². The van der Waals surface area contributed by atoms with E-state index in [1.54, 1.807) is 0 Å². The van der Waals surface area contributed by atoms with Crippen LogP contribution in [0.1, 0.15) is 0 Å². The lowest BCUT2D eigenvalue weighted by atomic mass is 10.2. The van der Waals surface area contributed by atoms with Crippen molar-refractivity contribution in [2.45, 2.75) is 0 Å². The molecule has 2 heterocycles. The van der Waals surface area contributed by atoms with Crippen LogP contribution in [0.25, 0.3) is 0 Å². The van der Waals surface area contributed by atoms with Crippen molar-refractivity contribution in [2.24, 2.45) is 0 Å². The smallest absolute Gasteiger partial charge is 0.212 e. The second-order valence-corrected chi connectivity index (χ2v) is 5.90. The van der Waals surface area contributed by atoms with E-state index in [-0.39, 0.29) is 0 Å². The van der Waals surface area contributed by atoms with Crippen molar-refractivity contribution >= 4 is 0 Å². The van der Waals surface area contributed by atoms with Crippen LogP contribution in [0.4, 0.5) is 0 Å². The van der Waals surface area contributed by atoms with Crippen molar-refractivity contribution in [3.8, 4) is 34.5 Å². The lowest BCUT2D eigenvalue weighted by Crippen LogP contribution is -2.15. The minimum absolute atomic E-state index is 0.397. The summed E-state index contributed by atoms with van der Waals surface area (Å²) in [5.41, 5.74) is 0. The first kappa shape index (κ1) is 17.9. The summed E-state index contributed by atoms with van der Waals surface area (Å²) in [6.45, 7) is 3.76. The minimum atomic E-state index is 0.397. The quantitative estimate of drug-likeness (QED) is 0.597. The minimum Gasteiger partial charge on any atom is -0.487 e. The highest BCUT2D eigenvalue weighted by atomic mass is 16.6. The van der Waals surface area contributed by atoms with Crippen LogP contribution in [0, 0.1) is 0 Å². The number of hydrogen-bond acceptors (Lipinski definition) is 7. The molecule has 0 N–H and O–H groups in total. The van der Waals surface area contributed by atoms with Crippen LogP contribution in [0.5, 0.6) is 34.5 Å². The van der Waals surface area contributed by atoms with Gasteiger partial charge in [0.25, 0.3) is 0 Å². The summed E-state index contributed by atoms with van der Waals surface area (Å²) in [7, 11) is 0. The Morgan fingerprint density at radius 1 is 0.444 bits per heavy atom. The summed E-state index contributed by atoms with van der Waals surface area (Å²) in [6.07, 6.45) is 0. The summed E-state index contributed by atoms with van der Waals surface area (Å²) in [5.74, 6) is 3.45. The molecule has 27 heavy (non-hydrogen) atoms. The molecule has 0 aliphatic carbocycles. The largest absolute Gasteiger partial charge is 0.487 e. The van der Waals surface area contributed by atoms with E-state index < -0.39 is 0 Å². The molecule has 0 aromatic heterocycles. The molecule has 0 amide bonds. The molecule has 4 rings (SSSR count). The molecule has 7 heteroatoms. The van der Waals surface area contributed by atoms with Crippen molar-refractivity contribution in [1.29, 1.82) is 0 Å². The molecule has 7 nitrogen and oxygen atoms in total. The van der Waals surface area contributed by atoms with Gasteiger partial charge in [0.1, 0.15) is 13.2 Å². The third-order valence-electron chi connectivity index (χ3n) is 4.02. The van der Waals surface area contributed by atoms with Crippen LogP contribution in [-0.2, 0) is 14.2 Å². The van der Waals surface area contributed by atoms with Gasteiger partial charge in [0, 0.05) is 0 Å². The summed E-state index contributed by atoms with van der Waals surface area (Å²) >= 11 is 0. The van der Waals surface area contributed by atoms with E-state index in [0.29, 0.717) is 87.4 Å². The van der Waals surface area contributed by atoms with Crippen LogP contribution in [-0.4, -0.2) is 52.9 Å². The zero-order valence-corrected chi connectivity index (χ0v) is 15.0. The number of para-hydroxylation sites is 2. The maximum absolute atomic E-state index is 6.11. The molecule has 144 valence electrons. The lowest BCUT2D eigenvalue weighted by Gasteiger charge is -2.24. The number of benzene rings is 2. The Balaban J connectivity index is 1.55. The molecule has 2 aliphatic rings. The molecule has 2 aromatic carbocycles. The highest BCUT2D eigenvalue weighted by Gasteiger charge is 2.25. The molecule has 0 radical (unpaired) electrons. The third-order valence-corrected chi connectivity index (χ3v) is 4.02. The van der Waals surface area contributed by atoms with Gasteiger partial charge in [-0.05, 0) is 24.3 Å². The average molecular weight is 374 g/mol. The Labute approximate surface area is 157 Å². The summed E-state index contributed by atoms with van der Waals surface area (Å²) < 4.78 is 40.2. The van der Waals surface area contributed by atoms with E-state index in [0.717, 1.165) is 0 Å². The Morgan fingerprint density at radius 2 is 0.852 bits per heavy atom. The van der Waals surface area contributed by atoms with Gasteiger partial charge >= 0.3 is 0 Å². The molecule has 0 spiro atoms. The number of ether oxygens (including phenoxy) is 7. The topological polar surface area (TPSA) is 64.6 Å². The van der Waals surface area contributed by atoms with Crippen LogP contribution in [0.2, 0.25) is 0 Å². The van der Waals surface area contributed by atoms with E-state index in [2.05, 4.69) is 0 Å². The number of rotatable bonds is 0. The molecule has 2 aliphatic heterocycles. The maximum atomic E-state index is 6.11. The first-order valence-electron chi connectivity index (χ1n) is 9.02. The van der Waals surface area contributed by atoms with Gasteiger partial charge in [-0.2, -0.15) is 0 Å². The molecule has 2 bridgehead atoms. The second kappa shape index (κ2) is 8.94. The molecule has 0 unspecified atom stereocenters. The summed E-state index contributed by atoms with van der Waals surface area (Å²) in [4.78, 5) is 0. The summed E-state index contributed by atoms with van der Waals surface area (Å²) in [5, 5.41) is 0. The van der Waals surface area contributed by atoms with Crippen LogP contribution in [0.3, 0.4) is 0 Å². The van der Waals surface area contributed by atoms with E-state index in [1.807, 2.05) is 36.4 Å². The lowest BCUT2D eigenvalue weighted by molar-refractivity contribution is 0.00448. The van der Waals surface area contributed by atoms with Gasteiger partial charge in [0.15, 0.2) is 23.0 Å². The van der Waals surface area contributed by atoms with Gasteiger partial charge < -0.3 is 33.2 Å². The fourth-order valence-corrected chi connectivity index (χ4v) is 2.76. The molecular formula is C20H22O7. The van der Waals surface area contributed by atoms with E-state index in [4.69, 9.17) is 33.2 Å². The van der Waals surface area contributed by atoms with Gasteiger partial charge in [0.05, 0.1) is 39.6 Å². The fourth-order valence-electron chi connectivity index (χ4n) is 2.76. The first-order chi connectivity index (χ1) is 13.4. The van der Waals surface area contributed by atoms with Gasteiger partial charge in [0.2, 0.25) is 11.5 Å². The van der Waals surface area contributed by atoms with Crippen molar-refractivity contribution in [2.75, 3.05) is 52.9 Å². The average Bonchev–Trinajstić information content (AvgIpc) is 2.69. The van der Waals surface area contributed by atoms with Crippen molar-refractivity contribution < 1.29 is 33.2 Å². The highest BCUT2D eigenvalue weighted by molar-refractivity contribution is 5.63. The van der Waals surface area contributed by atoms with Crippen molar-refractivity contribution in [1.82, 2.24) is 0 Å². The normalized spacial score (nSPS) is 17.9.